The normalized spacial score (nSPS) is 27.6. The molecule has 3 nitrogen and oxygen atoms in total. The lowest BCUT2D eigenvalue weighted by molar-refractivity contribution is 0.169. The Labute approximate surface area is 119 Å². The summed E-state index contributed by atoms with van der Waals surface area (Å²) in [6.45, 7) is 6.24. The van der Waals surface area contributed by atoms with Crippen LogP contribution in [0.1, 0.15) is 32.1 Å². The molecule has 0 amide bonds. The van der Waals surface area contributed by atoms with Crippen LogP contribution in [0.15, 0.2) is 19.6 Å². The lowest BCUT2D eigenvalue weighted by atomic mass is 10.1. The first-order chi connectivity index (χ1) is 8.02. The van der Waals surface area contributed by atoms with Crippen molar-refractivity contribution in [3.05, 3.63) is 21.0 Å². The quantitative estimate of drug-likeness (QED) is 0.890. The van der Waals surface area contributed by atoms with Crippen LogP contribution in [0.4, 0.5) is 0 Å². The zero-order valence-corrected chi connectivity index (χ0v) is 13.3. The standard InChI is InChI=1S/C12H18Br2N2O/c1-7-3-8(2)16(6-7)10(5-15)11-4-9(13)12(14)17-11/h4,7-8,10H,3,5-6,15H2,1-2H3. The summed E-state index contributed by atoms with van der Waals surface area (Å²) < 4.78 is 7.40. The van der Waals surface area contributed by atoms with E-state index >= 15 is 0 Å². The SMILES string of the molecule is CC1CC(C)N(C(CN)c2cc(Br)c(Br)o2)C1. The minimum Gasteiger partial charge on any atom is -0.451 e. The van der Waals surface area contributed by atoms with Crippen molar-refractivity contribution in [1.29, 1.82) is 0 Å². The van der Waals surface area contributed by atoms with E-state index in [1.165, 1.54) is 6.42 Å². The van der Waals surface area contributed by atoms with Crippen LogP contribution in [0.3, 0.4) is 0 Å². The fourth-order valence-corrected chi connectivity index (χ4v) is 3.32. The van der Waals surface area contributed by atoms with E-state index in [1.54, 1.807) is 0 Å². The average Bonchev–Trinajstić information content (AvgIpc) is 2.74. The summed E-state index contributed by atoms with van der Waals surface area (Å²) in [7, 11) is 0. The van der Waals surface area contributed by atoms with Crippen molar-refractivity contribution in [2.75, 3.05) is 13.1 Å². The number of likely N-dealkylation sites (tertiary alicyclic amines) is 1. The molecule has 0 spiro atoms. The predicted molar refractivity (Wildman–Crippen MR) is 75.9 cm³/mol. The van der Waals surface area contributed by atoms with Crippen LogP contribution in [0.5, 0.6) is 0 Å². The van der Waals surface area contributed by atoms with Crippen LogP contribution in [0.2, 0.25) is 0 Å². The van der Waals surface area contributed by atoms with Gasteiger partial charge in [0.2, 0.25) is 0 Å². The van der Waals surface area contributed by atoms with Crippen LogP contribution >= 0.6 is 31.9 Å². The molecule has 0 aromatic carbocycles. The van der Waals surface area contributed by atoms with Gasteiger partial charge in [0.05, 0.1) is 10.5 Å². The van der Waals surface area contributed by atoms with Crippen molar-refractivity contribution in [2.24, 2.45) is 11.7 Å². The smallest absolute Gasteiger partial charge is 0.183 e. The monoisotopic (exact) mass is 364 g/mol. The van der Waals surface area contributed by atoms with Gasteiger partial charge in [-0.05, 0) is 57.2 Å². The van der Waals surface area contributed by atoms with Gasteiger partial charge in [0, 0.05) is 19.1 Å². The Hall–Kier alpha value is 0.160. The highest BCUT2D eigenvalue weighted by Crippen LogP contribution is 2.36. The van der Waals surface area contributed by atoms with Gasteiger partial charge in [-0.15, -0.1) is 0 Å². The molecule has 1 fully saturated rings. The van der Waals surface area contributed by atoms with Crippen molar-refractivity contribution < 1.29 is 4.42 Å². The summed E-state index contributed by atoms with van der Waals surface area (Å²) in [6, 6.07) is 2.76. The zero-order valence-electron chi connectivity index (χ0n) is 10.1. The maximum absolute atomic E-state index is 5.92. The van der Waals surface area contributed by atoms with Gasteiger partial charge in [-0.1, -0.05) is 6.92 Å². The van der Waals surface area contributed by atoms with E-state index in [-0.39, 0.29) is 6.04 Å². The second kappa shape index (κ2) is 5.43. The molecule has 1 aromatic rings. The summed E-state index contributed by atoms with van der Waals surface area (Å²) in [4.78, 5) is 2.45. The molecule has 1 aliphatic rings. The van der Waals surface area contributed by atoms with E-state index in [0.29, 0.717) is 12.6 Å². The first kappa shape index (κ1) is 13.6. The molecule has 0 bridgehead atoms. The Bertz CT molecular complexity index is 374. The van der Waals surface area contributed by atoms with Crippen LogP contribution in [-0.4, -0.2) is 24.0 Å². The molecule has 2 N–H and O–H groups in total. The molecule has 3 atom stereocenters. The van der Waals surface area contributed by atoms with Crippen LogP contribution in [0.25, 0.3) is 0 Å². The number of halogens is 2. The van der Waals surface area contributed by atoms with Crippen molar-refractivity contribution in [1.82, 2.24) is 4.90 Å². The van der Waals surface area contributed by atoms with Gasteiger partial charge in [0.25, 0.3) is 0 Å². The van der Waals surface area contributed by atoms with Gasteiger partial charge in [-0.2, -0.15) is 0 Å². The maximum atomic E-state index is 5.92. The third-order valence-corrected chi connectivity index (χ3v) is 5.16. The van der Waals surface area contributed by atoms with E-state index in [9.17, 15) is 0 Å². The minimum absolute atomic E-state index is 0.178. The summed E-state index contributed by atoms with van der Waals surface area (Å²) >= 11 is 6.83. The first-order valence-corrected chi connectivity index (χ1v) is 7.52. The Morgan fingerprint density at radius 3 is 2.65 bits per heavy atom. The van der Waals surface area contributed by atoms with Crippen molar-refractivity contribution in [2.45, 2.75) is 32.4 Å². The second-order valence-corrected chi connectivity index (χ2v) is 6.48. The minimum atomic E-state index is 0.178. The molecule has 17 heavy (non-hydrogen) atoms. The fourth-order valence-electron chi connectivity index (χ4n) is 2.71. The topological polar surface area (TPSA) is 42.4 Å². The van der Waals surface area contributed by atoms with Crippen LogP contribution < -0.4 is 5.73 Å². The highest BCUT2D eigenvalue weighted by atomic mass is 79.9. The molecular formula is C12H18Br2N2O. The van der Waals surface area contributed by atoms with Crippen LogP contribution in [-0.2, 0) is 0 Å². The van der Waals surface area contributed by atoms with Gasteiger partial charge < -0.3 is 10.2 Å². The van der Waals surface area contributed by atoms with E-state index in [2.05, 4.69) is 50.6 Å². The largest absolute Gasteiger partial charge is 0.451 e. The fraction of sp³-hybridized carbons (Fsp3) is 0.667. The lowest BCUT2D eigenvalue weighted by Crippen LogP contribution is -2.36. The van der Waals surface area contributed by atoms with Crippen molar-refractivity contribution >= 4 is 31.9 Å². The highest BCUT2D eigenvalue weighted by Gasteiger charge is 2.33. The lowest BCUT2D eigenvalue weighted by Gasteiger charge is -2.28. The third kappa shape index (κ3) is 2.78. The van der Waals surface area contributed by atoms with Gasteiger partial charge in [-0.25, -0.2) is 0 Å². The van der Waals surface area contributed by atoms with Gasteiger partial charge in [-0.3, -0.25) is 4.90 Å². The molecule has 2 rings (SSSR count). The van der Waals surface area contributed by atoms with E-state index in [1.807, 2.05) is 6.07 Å². The summed E-state index contributed by atoms with van der Waals surface area (Å²) in [6.07, 6.45) is 1.24. The Balaban J connectivity index is 2.21. The third-order valence-electron chi connectivity index (χ3n) is 3.45. The van der Waals surface area contributed by atoms with Gasteiger partial charge >= 0.3 is 0 Å². The van der Waals surface area contributed by atoms with Crippen molar-refractivity contribution in [3.63, 3.8) is 0 Å². The number of hydrogen-bond acceptors (Lipinski definition) is 3. The molecule has 3 unspecified atom stereocenters. The highest BCUT2D eigenvalue weighted by molar-refractivity contribution is 9.13. The molecule has 1 aromatic heterocycles. The van der Waals surface area contributed by atoms with E-state index in [4.69, 9.17) is 10.2 Å². The summed E-state index contributed by atoms with van der Waals surface area (Å²) in [5, 5.41) is 0. The predicted octanol–water partition coefficient (Wildman–Crippen LogP) is 3.53. The number of hydrogen-bond donors (Lipinski definition) is 1. The van der Waals surface area contributed by atoms with Crippen molar-refractivity contribution in [3.8, 4) is 0 Å². The summed E-state index contributed by atoms with van der Waals surface area (Å²) in [5.74, 6) is 1.67. The number of furan rings is 1. The molecule has 96 valence electrons. The van der Waals surface area contributed by atoms with Gasteiger partial charge in [0.1, 0.15) is 5.76 Å². The molecule has 1 saturated heterocycles. The number of nitrogens with two attached hydrogens (primary N) is 1. The molecule has 0 saturated carbocycles. The number of rotatable bonds is 3. The number of nitrogens with zero attached hydrogens (tertiary/aromatic N) is 1. The van der Waals surface area contributed by atoms with E-state index in [0.717, 1.165) is 27.4 Å². The first-order valence-electron chi connectivity index (χ1n) is 5.93. The van der Waals surface area contributed by atoms with Gasteiger partial charge in [0.15, 0.2) is 4.67 Å². The molecule has 1 aliphatic heterocycles. The molecule has 5 heteroatoms. The molecular weight excluding hydrogens is 348 g/mol. The van der Waals surface area contributed by atoms with Crippen LogP contribution in [0, 0.1) is 5.92 Å². The zero-order chi connectivity index (χ0) is 12.6. The molecule has 0 radical (unpaired) electrons. The van der Waals surface area contributed by atoms with E-state index < -0.39 is 0 Å². The Kier molecular flexibility index (Phi) is 4.34. The average molecular weight is 366 g/mol. The maximum Gasteiger partial charge on any atom is 0.183 e. The Morgan fingerprint density at radius 2 is 2.24 bits per heavy atom. The molecule has 0 aliphatic carbocycles. The molecule has 2 heterocycles. The Morgan fingerprint density at radius 1 is 1.53 bits per heavy atom. The second-order valence-electron chi connectivity index (χ2n) is 4.91. The summed E-state index contributed by atoms with van der Waals surface area (Å²) in [5.41, 5.74) is 5.92.